The third-order valence-electron chi connectivity index (χ3n) is 2.99. The molecule has 1 heterocycles. The first kappa shape index (κ1) is 12.6. The summed E-state index contributed by atoms with van der Waals surface area (Å²) in [7, 11) is 3.55. The first-order valence-corrected chi connectivity index (χ1v) is 5.75. The number of ether oxygens (including phenoxy) is 1. The third kappa shape index (κ3) is 2.37. The van der Waals surface area contributed by atoms with Crippen LogP contribution >= 0.6 is 0 Å². The number of benzene rings is 1. The van der Waals surface area contributed by atoms with Gasteiger partial charge in [0.1, 0.15) is 5.75 Å². The van der Waals surface area contributed by atoms with Crippen LogP contribution in [0.3, 0.4) is 0 Å². The van der Waals surface area contributed by atoms with E-state index in [1.54, 1.807) is 18.0 Å². The molecule has 0 spiro atoms. The van der Waals surface area contributed by atoms with Crippen molar-refractivity contribution < 1.29 is 4.74 Å². The van der Waals surface area contributed by atoms with E-state index in [0.29, 0.717) is 0 Å². The van der Waals surface area contributed by atoms with Crippen LogP contribution in [0.2, 0.25) is 0 Å². The molecule has 96 valence electrons. The number of nitrogens with one attached hydrogen (secondary N) is 1. The maximum Gasteiger partial charge on any atom is 0.122 e. The molecule has 3 N–H and O–H groups in total. The van der Waals surface area contributed by atoms with E-state index < -0.39 is 0 Å². The van der Waals surface area contributed by atoms with Crippen molar-refractivity contribution in [2.45, 2.75) is 13.0 Å². The number of nitrogens with zero attached hydrogens (tertiary/aromatic N) is 2. The van der Waals surface area contributed by atoms with Crippen molar-refractivity contribution >= 4 is 0 Å². The molecular formula is C13H18N4O. The minimum absolute atomic E-state index is 0.0896. The van der Waals surface area contributed by atoms with E-state index in [9.17, 15) is 0 Å². The minimum Gasteiger partial charge on any atom is -0.496 e. The van der Waals surface area contributed by atoms with Gasteiger partial charge in [0, 0.05) is 18.8 Å². The number of hydrogen-bond donors (Lipinski definition) is 2. The zero-order valence-corrected chi connectivity index (χ0v) is 10.8. The highest BCUT2D eigenvalue weighted by Crippen LogP contribution is 2.26. The lowest BCUT2D eigenvalue weighted by atomic mass is 10.0. The molecule has 5 heteroatoms. The predicted molar refractivity (Wildman–Crippen MR) is 70.1 cm³/mol. The molecule has 2 aromatic rings. The van der Waals surface area contributed by atoms with E-state index in [-0.39, 0.29) is 6.04 Å². The summed E-state index contributed by atoms with van der Waals surface area (Å²) in [5.74, 6) is 6.51. The van der Waals surface area contributed by atoms with E-state index in [4.69, 9.17) is 10.6 Å². The second-order valence-corrected chi connectivity index (χ2v) is 4.28. The number of rotatable bonds is 4. The Hall–Kier alpha value is -1.85. The molecule has 1 aromatic heterocycles. The van der Waals surface area contributed by atoms with Crippen LogP contribution in [0.5, 0.6) is 5.75 Å². The Morgan fingerprint density at radius 3 is 2.72 bits per heavy atom. The lowest BCUT2D eigenvalue weighted by Crippen LogP contribution is -2.28. The molecule has 0 aliphatic rings. The van der Waals surface area contributed by atoms with E-state index in [0.717, 1.165) is 22.4 Å². The molecule has 0 aliphatic heterocycles. The first-order chi connectivity index (χ1) is 8.65. The molecule has 0 aliphatic carbocycles. The number of aryl methyl sites for hydroxylation is 2. The fraction of sp³-hybridized carbons (Fsp3) is 0.308. The average molecular weight is 246 g/mol. The molecule has 0 amide bonds. The highest BCUT2D eigenvalue weighted by Gasteiger charge is 2.15. The second-order valence-electron chi connectivity index (χ2n) is 4.28. The normalized spacial score (nSPS) is 12.4. The number of hydrazine groups is 1. The molecule has 0 fully saturated rings. The fourth-order valence-electron chi connectivity index (χ4n) is 1.99. The molecule has 1 aromatic carbocycles. The highest BCUT2D eigenvalue weighted by atomic mass is 16.5. The fourth-order valence-corrected chi connectivity index (χ4v) is 1.99. The first-order valence-electron chi connectivity index (χ1n) is 5.75. The van der Waals surface area contributed by atoms with Gasteiger partial charge in [-0.25, -0.2) is 5.43 Å². The Labute approximate surface area is 107 Å². The monoisotopic (exact) mass is 246 g/mol. The second kappa shape index (κ2) is 5.20. The van der Waals surface area contributed by atoms with Crippen molar-refractivity contribution in [3.63, 3.8) is 0 Å². The van der Waals surface area contributed by atoms with Crippen LogP contribution in [0.15, 0.2) is 30.6 Å². The zero-order valence-electron chi connectivity index (χ0n) is 10.8. The quantitative estimate of drug-likeness (QED) is 0.630. The summed E-state index contributed by atoms with van der Waals surface area (Å²) in [6.07, 6.45) is 3.74. The Kier molecular flexibility index (Phi) is 3.64. The molecular weight excluding hydrogens is 228 g/mol. The van der Waals surface area contributed by atoms with E-state index in [1.807, 2.05) is 38.4 Å². The highest BCUT2D eigenvalue weighted by molar-refractivity contribution is 5.40. The van der Waals surface area contributed by atoms with Gasteiger partial charge in [0.25, 0.3) is 0 Å². The maximum atomic E-state index is 5.65. The minimum atomic E-state index is -0.0896. The van der Waals surface area contributed by atoms with Crippen molar-refractivity contribution in [2.24, 2.45) is 12.9 Å². The summed E-state index contributed by atoms with van der Waals surface area (Å²) in [5, 5.41) is 4.16. The molecule has 0 radical (unpaired) electrons. The molecule has 18 heavy (non-hydrogen) atoms. The number of aromatic nitrogens is 2. The molecule has 0 bridgehead atoms. The van der Waals surface area contributed by atoms with Gasteiger partial charge >= 0.3 is 0 Å². The average Bonchev–Trinajstić information content (AvgIpc) is 2.79. The Balaban J connectivity index is 2.38. The number of nitrogens with two attached hydrogens (primary N) is 1. The maximum absolute atomic E-state index is 5.65. The van der Waals surface area contributed by atoms with E-state index in [2.05, 4.69) is 10.5 Å². The van der Waals surface area contributed by atoms with Crippen LogP contribution in [-0.4, -0.2) is 16.9 Å². The third-order valence-corrected chi connectivity index (χ3v) is 2.99. The zero-order chi connectivity index (χ0) is 13.1. The standard InChI is InChI=1S/C13H18N4O/c1-9-4-5-10(6-12(9)18-3)13(16-14)11-7-15-17(2)8-11/h4-8,13,16H,14H2,1-3H3. The van der Waals surface area contributed by atoms with E-state index >= 15 is 0 Å². The van der Waals surface area contributed by atoms with Crippen molar-refractivity contribution in [3.05, 3.63) is 47.3 Å². The predicted octanol–water partition coefficient (Wildman–Crippen LogP) is 1.29. The van der Waals surface area contributed by atoms with E-state index in [1.165, 1.54) is 0 Å². The van der Waals surface area contributed by atoms with Gasteiger partial charge in [0.2, 0.25) is 0 Å². The Morgan fingerprint density at radius 2 is 2.17 bits per heavy atom. The SMILES string of the molecule is COc1cc(C(NN)c2cnn(C)c2)ccc1C. The lowest BCUT2D eigenvalue weighted by Gasteiger charge is -2.16. The van der Waals surface area contributed by atoms with Crippen molar-refractivity contribution in [3.8, 4) is 5.75 Å². The van der Waals surface area contributed by atoms with Gasteiger partial charge in [-0.05, 0) is 24.1 Å². The van der Waals surface area contributed by atoms with Gasteiger partial charge in [-0.2, -0.15) is 5.10 Å². The molecule has 0 saturated carbocycles. The van der Waals surface area contributed by atoms with Crippen LogP contribution in [0.25, 0.3) is 0 Å². The summed E-state index contributed by atoms with van der Waals surface area (Å²) in [5.41, 5.74) is 5.98. The van der Waals surface area contributed by atoms with Gasteiger partial charge in [-0.15, -0.1) is 0 Å². The summed E-state index contributed by atoms with van der Waals surface area (Å²) in [6.45, 7) is 2.01. The van der Waals surface area contributed by atoms with Crippen molar-refractivity contribution in [1.82, 2.24) is 15.2 Å². The van der Waals surface area contributed by atoms with Gasteiger partial charge < -0.3 is 4.74 Å². The molecule has 2 rings (SSSR count). The summed E-state index contributed by atoms with van der Waals surface area (Å²) in [6, 6.07) is 5.96. The Bertz CT molecular complexity index is 536. The van der Waals surface area contributed by atoms with Gasteiger partial charge in [0.05, 0.1) is 19.3 Å². The van der Waals surface area contributed by atoms with Crippen LogP contribution in [0, 0.1) is 6.92 Å². The van der Waals surface area contributed by atoms with Gasteiger partial charge in [0.15, 0.2) is 0 Å². The molecule has 1 unspecified atom stereocenters. The summed E-state index contributed by atoms with van der Waals surface area (Å²) < 4.78 is 7.09. The molecule has 0 saturated heterocycles. The number of hydrogen-bond acceptors (Lipinski definition) is 4. The van der Waals surface area contributed by atoms with Crippen molar-refractivity contribution in [2.75, 3.05) is 7.11 Å². The Morgan fingerprint density at radius 1 is 1.39 bits per heavy atom. The number of methoxy groups -OCH3 is 1. The van der Waals surface area contributed by atoms with Gasteiger partial charge in [-0.1, -0.05) is 12.1 Å². The largest absolute Gasteiger partial charge is 0.496 e. The van der Waals surface area contributed by atoms with Crippen LogP contribution < -0.4 is 16.0 Å². The van der Waals surface area contributed by atoms with Gasteiger partial charge in [-0.3, -0.25) is 10.5 Å². The smallest absolute Gasteiger partial charge is 0.122 e. The molecule has 5 nitrogen and oxygen atoms in total. The van der Waals surface area contributed by atoms with Crippen molar-refractivity contribution in [1.29, 1.82) is 0 Å². The molecule has 1 atom stereocenters. The van der Waals surface area contributed by atoms with Crippen LogP contribution in [0.1, 0.15) is 22.7 Å². The van der Waals surface area contributed by atoms with Crippen LogP contribution in [0.4, 0.5) is 0 Å². The van der Waals surface area contributed by atoms with Crippen LogP contribution in [-0.2, 0) is 7.05 Å². The topological polar surface area (TPSA) is 65.1 Å². The lowest BCUT2D eigenvalue weighted by molar-refractivity contribution is 0.410. The summed E-state index contributed by atoms with van der Waals surface area (Å²) >= 11 is 0. The summed E-state index contributed by atoms with van der Waals surface area (Å²) in [4.78, 5) is 0.